The molecule has 1 amide bonds. The van der Waals surface area contributed by atoms with Gasteiger partial charge in [-0.15, -0.1) is 0 Å². The van der Waals surface area contributed by atoms with Crippen molar-refractivity contribution in [1.82, 2.24) is 14.4 Å². The van der Waals surface area contributed by atoms with Crippen LogP contribution in [-0.4, -0.2) is 73.3 Å². The van der Waals surface area contributed by atoms with E-state index in [4.69, 9.17) is 9.47 Å². The van der Waals surface area contributed by atoms with Gasteiger partial charge >= 0.3 is 0 Å². The Kier molecular flexibility index (Phi) is 8.09. The summed E-state index contributed by atoms with van der Waals surface area (Å²) in [5, 5.41) is 1.15. The maximum Gasteiger partial charge on any atom is 0.224 e. The second-order valence-corrected chi connectivity index (χ2v) is 9.37. The number of hydrogen-bond acceptors (Lipinski definition) is 4. The van der Waals surface area contributed by atoms with Gasteiger partial charge in [0.2, 0.25) is 5.91 Å². The molecule has 6 heteroatoms. The second kappa shape index (κ2) is 11.2. The Balaban J connectivity index is 1.40. The molecule has 32 heavy (non-hydrogen) atoms. The highest BCUT2D eigenvalue weighted by Crippen LogP contribution is 2.31. The standard InChI is InChI=1S/C26H39N3O3/c1-31-18-6-15-29(20-22-7-5-14-27-13-4-3-8-24(22)27)26(30)12-17-28-16-11-21-19-23(32-2)9-10-25(21)28/h9-11,16,19,22,24H,3-8,12-15,17-18,20H2,1-2H3. The highest BCUT2D eigenvalue weighted by atomic mass is 16.5. The van der Waals surface area contributed by atoms with E-state index in [0.29, 0.717) is 31.5 Å². The fraction of sp³-hybridized carbons (Fsp3) is 0.654. The molecule has 2 aromatic rings. The Labute approximate surface area is 192 Å². The van der Waals surface area contributed by atoms with Gasteiger partial charge in [0.1, 0.15) is 5.75 Å². The Bertz CT molecular complexity index is 878. The van der Waals surface area contributed by atoms with E-state index in [9.17, 15) is 4.79 Å². The molecule has 4 rings (SSSR count). The number of fused-ring (bicyclic) bond motifs is 2. The Morgan fingerprint density at radius 1 is 1.12 bits per heavy atom. The molecule has 0 N–H and O–H groups in total. The first-order valence-corrected chi connectivity index (χ1v) is 12.3. The van der Waals surface area contributed by atoms with E-state index in [2.05, 4.69) is 32.7 Å². The number of amides is 1. The minimum Gasteiger partial charge on any atom is -0.497 e. The Hall–Kier alpha value is -2.05. The van der Waals surface area contributed by atoms with Crippen molar-refractivity contribution in [3.63, 3.8) is 0 Å². The van der Waals surface area contributed by atoms with Gasteiger partial charge in [0, 0.05) is 62.9 Å². The molecule has 0 saturated carbocycles. The van der Waals surface area contributed by atoms with Crippen molar-refractivity contribution >= 4 is 16.8 Å². The molecule has 2 fully saturated rings. The number of ether oxygens (including phenoxy) is 2. The zero-order valence-corrected chi connectivity index (χ0v) is 19.8. The van der Waals surface area contributed by atoms with Crippen molar-refractivity contribution in [2.75, 3.05) is 47.0 Å². The summed E-state index contributed by atoms with van der Waals surface area (Å²) in [7, 11) is 3.42. The predicted molar refractivity (Wildman–Crippen MR) is 128 cm³/mol. The monoisotopic (exact) mass is 441 g/mol. The molecular weight excluding hydrogens is 402 g/mol. The summed E-state index contributed by atoms with van der Waals surface area (Å²) in [5.41, 5.74) is 1.15. The third kappa shape index (κ3) is 5.46. The summed E-state index contributed by atoms with van der Waals surface area (Å²) in [5.74, 6) is 1.74. The number of nitrogens with zero attached hydrogens (tertiary/aromatic N) is 3. The molecular formula is C26H39N3O3. The number of carbonyl (C=O) groups is 1. The molecule has 2 aliphatic heterocycles. The molecule has 0 radical (unpaired) electrons. The summed E-state index contributed by atoms with van der Waals surface area (Å²) in [4.78, 5) is 18.2. The highest BCUT2D eigenvalue weighted by molar-refractivity contribution is 5.82. The minimum atomic E-state index is 0.268. The lowest BCUT2D eigenvalue weighted by Gasteiger charge is -2.45. The molecule has 2 atom stereocenters. The maximum absolute atomic E-state index is 13.3. The Morgan fingerprint density at radius 2 is 2.00 bits per heavy atom. The number of hydrogen-bond donors (Lipinski definition) is 0. The molecule has 2 aliphatic rings. The van der Waals surface area contributed by atoms with Gasteiger partial charge < -0.3 is 23.8 Å². The van der Waals surface area contributed by atoms with Gasteiger partial charge in [-0.05, 0) is 75.4 Å². The lowest BCUT2D eigenvalue weighted by molar-refractivity contribution is -0.133. The van der Waals surface area contributed by atoms with Crippen LogP contribution in [0.2, 0.25) is 0 Å². The van der Waals surface area contributed by atoms with Gasteiger partial charge in [0.15, 0.2) is 0 Å². The van der Waals surface area contributed by atoms with E-state index >= 15 is 0 Å². The van der Waals surface area contributed by atoms with Crippen molar-refractivity contribution in [1.29, 1.82) is 0 Å². The summed E-state index contributed by atoms with van der Waals surface area (Å²) < 4.78 is 12.8. The molecule has 2 saturated heterocycles. The third-order valence-electron chi connectivity index (χ3n) is 7.36. The van der Waals surface area contributed by atoms with Crippen LogP contribution in [0.4, 0.5) is 0 Å². The minimum absolute atomic E-state index is 0.268. The fourth-order valence-corrected chi connectivity index (χ4v) is 5.67. The summed E-state index contributed by atoms with van der Waals surface area (Å²) in [6.07, 6.45) is 9.98. The third-order valence-corrected chi connectivity index (χ3v) is 7.36. The van der Waals surface area contributed by atoms with E-state index in [0.717, 1.165) is 36.2 Å². The van der Waals surface area contributed by atoms with E-state index in [-0.39, 0.29) is 5.91 Å². The number of methoxy groups -OCH3 is 2. The zero-order chi connectivity index (χ0) is 22.3. The van der Waals surface area contributed by atoms with Gasteiger partial charge in [-0.25, -0.2) is 0 Å². The number of carbonyl (C=O) groups excluding carboxylic acids is 1. The average molecular weight is 442 g/mol. The van der Waals surface area contributed by atoms with Gasteiger partial charge in [0.25, 0.3) is 0 Å². The van der Waals surface area contributed by atoms with Crippen LogP contribution in [0.1, 0.15) is 44.9 Å². The van der Waals surface area contributed by atoms with Crippen molar-refractivity contribution in [2.24, 2.45) is 5.92 Å². The van der Waals surface area contributed by atoms with Crippen LogP contribution in [-0.2, 0) is 16.1 Å². The number of benzene rings is 1. The van der Waals surface area contributed by atoms with Crippen LogP contribution in [0.3, 0.4) is 0 Å². The molecule has 0 bridgehead atoms. The number of aromatic nitrogens is 1. The van der Waals surface area contributed by atoms with E-state index in [1.54, 1.807) is 14.2 Å². The summed E-state index contributed by atoms with van der Waals surface area (Å²) in [6.45, 7) is 5.57. The molecule has 3 heterocycles. The van der Waals surface area contributed by atoms with Crippen LogP contribution >= 0.6 is 0 Å². The van der Waals surface area contributed by atoms with Gasteiger partial charge in [-0.3, -0.25) is 4.79 Å². The first kappa shape index (κ1) is 23.1. The SMILES string of the molecule is COCCCN(CC1CCCN2CCCCC12)C(=O)CCn1ccc2cc(OC)ccc21. The largest absolute Gasteiger partial charge is 0.497 e. The lowest BCUT2D eigenvalue weighted by Crippen LogP contribution is -2.51. The lowest BCUT2D eigenvalue weighted by atomic mass is 9.83. The topological polar surface area (TPSA) is 46.9 Å². The number of rotatable bonds is 10. The van der Waals surface area contributed by atoms with E-state index < -0.39 is 0 Å². The van der Waals surface area contributed by atoms with Gasteiger partial charge in [-0.2, -0.15) is 0 Å². The second-order valence-electron chi connectivity index (χ2n) is 9.37. The molecule has 0 aliphatic carbocycles. The van der Waals surface area contributed by atoms with Crippen molar-refractivity contribution in [2.45, 2.75) is 57.5 Å². The molecule has 1 aromatic carbocycles. The summed E-state index contributed by atoms with van der Waals surface area (Å²) in [6, 6.07) is 8.87. The van der Waals surface area contributed by atoms with E-state index in [1.807, 2.05) is 12.1 Å². The van der Waals surface area contributed by atoms with Gasteiger partial charge in [-0.1, -0.05) is 6.42 Å². The van der Waals surface area contributed by atoms with Crippen LogP contribution < -0.4 is 4.74 Å². The van der Waals surface area contributed by atoms with Crippen LogP contribution in [0, 0.1) is 5.92 Å². The average Bonchev–Trinajstić information content (AvgIpc) is 3.24. The molecule has 2 unspecified atom stereocenters. The highest BCUT2D eigenvalue weighted by Gasteiger charge is 2.34. The zero-order valence-electron chi connectivity index (χ0n) is 19.8. The molecule has 1 aromatic heterocycles. The normalized spacial score (nSPS) is 21.4. The van der Waals surface area contributed by atoms with Crippen molar-refractivity contribution < 1.29 is 14.3 Å². The first-order valence-electron chi connectivity index (χ1n) is 12.3. The van der Waals surface area contributed by atoms with Crippen molar-refractivity contribution in [3.05, 3.63) is 30.5 Å². The quantitative estimate of drug-likeness (QED) is 0.519. The molecule has 0 spiro atoms. The molecule has 6 nitrogen and oxygen atoms in total. The number of piperidine rings is 2. The van der Waals surface area contributed by atoms with Crippen molar-refractivity contribution in [3.8, 4) is 5.75 Å². The van der Waals surface area contributed by atoms with E-state index in [1.165, 1.54) is 45.2 Å². The van der Waals surface area contributed by atoms with Crippen LogP contribution in [0.5, 0.6) is 5.75 Å². The summed E-state index contributed by atoms with van der Waals surface area (Å²) >= 11 is 0. The Morgan fingerprint density at radius 3 is 2.84 bits per heavy atom. The first-order chi connectivity index (χ1) is 15.7. The van der Waals surface area contributed by atoms with Gasteiger partial charge in [0.05, 0.1) is 7.11 Å². The number of aryl methyl sites for hydroxylation is 1. The molecule has 176 valence electrons. The smallest absolute Gasteiger partial charge is 0.224 e. The fourth-order valence-electron chi connectivity index (χ4n) is 5.67. The predicted octanol–water partition coefficient (Wildman–Crippen LogP) is 4.17. The maximum atomic E-state index is 13.3. The van der Waals surface area contributed by atoms with Crippen LogP contribution in [0.25, 0.3) is 10.9 Å². The van der Waals surface area contributed by atoms with Crippen LogP contribution in [0.15, 0.2) is 30.5 Å².